The number of nitrogens with zero attached hydrogens (tertiary/aromatic N) is 1. The molecular formula is C16H22FNO3S. The minimum absolute atomic E-state index is 0.237. The third kappa shape index (κ3) is 4.29. The van der Waals surface area contributed by atoms with Crippen LogP contribution in [0.4, 0.5) is 4.39 Å². The highest BCUT2D eigenvalue weighted by Gasteiger charge is 2.30. The van der Waals surface area contributed by atoms with Crippen molar-refractivity contribution in [2.45, 2.75) is 31.4 Å². The minimum Gasteiger partial charge on any atom is -0.342 e. The summed E-state index contributed by atoms with van der Waals surface area (Å²) in [7, 11) is -3.34. The van der Waals surface area contributed by atoms with Gasteiger partial charge in [-0.3, -0.25) is 4.79 Å². The molecular weight excluding hydrogens is 305 g/mol. The molecule has 1 amide bonds. The van der Waals surface area contributed by atoms with Crippen LogP contribution in [0.1, 0.15) is 25.3 Å². The van der Waals surface area contributed by atoms with Gasteiger partial charge in [0.15, 0.2) is 9.84 Å². The van der Waals surface area contributed by atoms with E-state index in [1.165, 1.54) is 19.1 Å². The smallest absolute Gasteiger partial charge is 0.240 e. The average Bonchev–Trinajstić information content (AvgIpc) is 2.48. The van der Waals surface area contributed by atoms with Gasteiger partial charge in [-0.05, 0) is 49.8 Å². The topological polar surface area (TPSA) is 54.5 Å². The molecule has 1 aliphatic heterocycles. The summed E-state index contributed by atoms with van der Waals surface area (Å²) < 4.78 is 35.8. The lowest BCUT2D eigenvalue weighted by Crippen LogP contribution is -2.45. The molecule has 0 saturated carbocycles. The molecule has 1 aromatic carbocycles. The van der Waals surface area contributed by atoms with Gasteiger partial charge in [-0.1, -0.05) is 12.1 Å². The molecule has 0 spiro atoms. The number of carbonyl (C=O) groups excluding carboxylic acids is 1. The standard InChI is InChI=1S/C16H22FNO3S/c1-12(22(2,20)21)16(19)18-9-7-14(8-10-18)11-13-3-5-15(17)6-4-13/h3-6,12,14H,7-11H2,1-2H3/t12-/m1/s1. The van der Waals surface area contributed by atoms with E-state index in [4.69, 9.17) is 0 Å². The van der Waals surface area contributed by atoms with Crippen LogP contribution < -0.4 is 0 Å². The number of sulfone groups is 1. The second-order valence-electron chi connectivity index (χ2n) is 6.07. The van der Waals surface area contributed by atoms with E-state index in [0.717, 1.165) is 31.1 Å². The van der Waals surface area contributed by atoms with Crippen molar-refractivity contribution in [3.63, 3.8) is 0 Å². The lowest BCUT2D eigenvalue weighted by atomic mass is 9.90. The highest BCUT2D eigenvalue weighted by atomic mass is 32.2. The third-order valence-corrected chi connectivity index (χ3v) is 5.84. The van der Waals surface area contributed by atoms with Crippen LogP contribution in [0, 0.1) is 11.7 Å². The Morgan fingerprint density at radius 3 is 2.32 bits per heavy atom. The Hall–Kier alpha value is -1.43. The number of likely N-dealkylation sites (tertiary alicyclic amines) is 1. The lowest BCUT2D eigenvalue weighted by molar-refractivity contribution is -0.131. The normalized spacial score (nSPS) is 18.2. The first-order chi connectivity index (χ1) is 10.3. The zero-order valence-corrected chi connectivity index (χ0v) is 13.8. The number of hydrogen-bond donors (Lipinski definition) is 0. The molecule has 1 saturated heterocycles. The van der Waals surface area contributed by atoms with Crippen LogP contribution in [-0.2, 0) is 21.1 Å². The fourth-order valence-corrected chi connectivity index (χ4v) is 3.27. The Morgan fingerprint density at radius 1 is 1.27 bits per heavy atom. The van der Waals surface area contributed by atoms with Crippen molar-refractivity contribution in [3.05, 3.63) is 35.6 Å². The molecule has 1 aliphatic rings. The van der Waals surface area contributed by atoms with Crippen LogP contribution in [0.15, 0.2) is 24.3 Å². The van der Waals surface area contributed by atoms with Crippen LogP contribution in [0.2, 0.25) is 0 Å². The molecule has 2 rings (SSSR count). The molecule has 1 heterocycles. The summed E-state index contributed by atoms with van der Waals surface area (Å²) in [5.41, 5.74) is 1.09. The summed E-state index contributed by atoms with van der Waals surface area (Å²) in [6.07, 6.45) is 3.65. The molecule has 6 heteroatoms. The summed E-state index contributed by atoms with van der Waals surface area (Å²) in [6.45, 7) is 2.62. The van der Waals surface area contributed by atoms with E-state index in [0.29, 0.717) is 19.0 Å². The van der Waals surface area contributed by atoms with Crippen LogP contribution in [-0.4, -0.2) is 43.8 Å². The van der Waals surface area contributed by atoms with Gasteiger partial charge in [-0.25, -0.2) is 12.8 Å². The Morgan fingerprint density at radius 2 is 1.82 bits per heavy atom. The predicted molar refractivity (Wildman–Crippen MR) is 83.7 cm³/mol. The van der Waals surface area contributed by atoms with Gasteiger partial charge in [0, 0.05) is 19.3 Å². The van der Waals surface area contributed by atoms with Gasteiger partial charge in [-0.15, -0.1) is 0 Å². The summed E-state index contributed by atoms with van der Waals surface area (Å²) in [5.74, 6) is -0.0929. The fourth-order valence-electron chi connectivity index (χ4n) is 2.75. The van der Waals surface area contributed by atoms with Crippen LogP contribution in [0.25, 0.3) is 0 Å². The van der Waals surface area contributed by atoms with Gasteiger partial charge in [0.25, 0.3) is 0 Å². The van der Waals surface area contributed by atoms with Gasteiger partial charge in [-0.2, -0.15) is 0 Å². The number of amides is 1. The number of halogens is 1. The van der Waals surface area contributed by atoms with E-state index < -0.39 is 15.1 Å². The van der Waals surface area contributed by atoms with Crippen molar-refractivity contribution in [3.8, 4) is 0 Å². The lowest BCUT2D eigenvalue weighted by Gasteiger charge is -2.33. The van der Waals surface area contributed by atoms with E-state index in [9.17, 15) is 17.6 Å². The quantitative estimate of drug-likeness (QED) is 0.850. The first-order valence-electron chi connectivity index (χ1n) is 7.49. The molecule has 0 unspecified atom stereocenters. The summed E-state index contributed by atoms with van der Waals surface area (Å²) in [4.78, 5) is 13.8. The highest BCUT2D eigenvalue weighted by molar-refractivity contribution is 7.92. The molecule has 0 aliphatic carbocycles. The first kappa shape index (κ1) is 16.9. The molecule has 0 N–H and O–H groups in total. The van der Waals surface area contributed by atoms with Gasteiger partial charge >= 0.3 is 0 Å². The van der Waals surface area contributed by atoms with Gasteiger partial charge in [0.2, 0.25) is 5.91 Å². The van der Waals surface area contributed by atoms with Crippen molar-refractivity contribution >= 4 is 15.7 Å². The van der Waals surface area contributed by atoms with Crippen molar-refractivity contribution in [2.75, 3.05) is 19.3 Å². The van der Waals surface area contributed by atoms with Crippen LogP contribution >= 0.6 is 0 Å². The number of carbonyl (C=O) groups is 1. The van der Waals surface area contributed by atoms with Crippen LogP contribution in [0.3, 0.4) is 0 Å². The Balaban J connectivity index is 1.88. The zero-order chi connectivity index (χ0) is 16.3. The number of piperidine rings is 1. The number of benzene rings is 1. The molecule has 122 valence electrons. The van der Waals surface area contributed by atoms with Crippen molar-refractivity contribution in [1.82, 2.24) is 4.90 Å². The van der Waals surface area contributed by atoms with Crippen molar-refractivity contribution in [1.29, 1.82) is 0 Å². The van der Waals surface area contributed by atoms with E-state index in [1.54, 1.807) is 17.0 Å². The summed E-state index contributed by atoms with van der Waals surface area (Å²) >= 11 is 0. The SMILES string of the molecule is C[C@H](C(=O)N1CCC(Cc2ccc(F)cc2)CC1)S(C)(=O)=O. The van der Waals surface area contributed by atoms with Gasteiger partial charge in [0.05, 0.1) is 0 Å². The zero-order valence-electron chi connectivity index (χ0n) is 13.0. The average molecular weight is 327 g/mol. The fraction of sp³-hybridized carbons (Fsp3) is 0.562. The van der Waals surface area contributed by atoms with Crippen molar-refractivity contribution in [2.24, 2.45) is 5.92 Å². The monoisotopic (exact) mass is 327 g/mol. The van der Waals surface area contributed by atoms with Gasteiger partial charge in [0.1, 0.15) is 11.1 Å². The Kier molecular flexibility index (Phi) is 5.21. The van der Waals surface area contributed by atoms with E-state index in [-0.39, 0.29) is 11.7 Å². The van der Waals surface area contributed by atoms with Crippen molar-refractivity contribution < 1.29 is 17.6 Å². The molecule has 0 radical (unpaired) electrons. The third-order valence-electron chi connectivity index (χ3n) is 4.35. The van der Waals surface area contributed by atoms with E-state index >= 15 is 0 Å². The molecule has 1 atom stereocenters. The second kappa shape index (κ2) is 6.77. The maximum absolute atomic E-state index is 12.9. The molecule has 1 fully saturated rings. The predicted octanol–water partition coefficient (Wildman–Crippen LogP) is 2.04. The molecule has 1 aromatic rings. The highest BCUT2D eigenvalue weighted by Crippen LogP contribution is 2.23. The van der Waals surface area contributed by atoms with E-state index in [1.807, 2.05) is 0 Å². The molecule has 4 nitrogen and oxygen atoms in total. The number of rotatable bonds is 4. The first-order valence-corrected chi connectivity index (χ1v) is 9.45. The molecule has 0 aromatic heterocycles. The Bertz CT molecular complexity index is 619. The molecule has 0 bridgehead atoms. The summed E-state index contributed by atoms with van der Waals surface area (Å²) in [6, 6.07) is 6.50. The number of hydrogen-bond acceptors (Lipinski definition) is 3. The minimum atomic E-state index is -3.34. The van der Waals surface area contributed by atoms with E-state index in [2.05, 4.69) is 0 Å². The maximum atomic E-state index is 12.9. The van der Waals surface area contributed by atoms with Gasteiger partial charge < -0.3 is 4.90 Å². The largest absolute Gasteiger partial charge is 0.342 e. The Labute approximate surface area is 131 Å². The second-order valence-corrected chi connectivity index (χ2v) is 8.44. The van der Waals surface area contributed by atoms with Crippen LogP contribution in [0.5, 0.6) is 0 Å². The summed E-state index contributed by atoms with van der Waals surface area (Å²) in [5, 5.41) is -0.971. The maximum Gasteiger partial charge on any atom is 0.240 e. The molecule has 22 heavy (non-hydrogen) atoms.